The molecule has 1 heterocycles. The van der Waals surface area contributed by atoms with E-state index >= 15 is 0 Å². The zero-order valence-electron chi connectivity index (χ0n) is 10.6. The Balaban J connectivity index is 2.04. The summed E-state index contributed by atoms with van der Waals surface area (Å²) in [7, 11) is 0. The SMILES string of the molecule is CC(C)(C)CNc1ccc(-c2ccn[nH]2)cc1. The number of hydrogen-bond donors (Lipinski definition) is 2. The molecular formula is C14H19N3. The second kappa shape index (κ2) is 4.62. The summed E-state index contributed by atoms with van der Waals surface area (Å²) in [6, 6.07) is 10.4. The zero-order valence-corrected chi connectivity index (χ0v) is 10.6. The summed E-state index contributed by atoms with van der Waals surface area (Å²) in [6.45, 7) is 7.63. The molecule has 0 fully saturated rings. The number of benzene rings is 1. The van der Waals surface area contributed by atoms with E-state index in [4.69, 9.17) is 0 Å². The molecule has 0 amide bonds. The number of rotatable bonds is 3. The van der Waals surface area contributed by atoms with Crippen LogP contribution in [0.4, 0.5) is 5.69 Å². The van der Waals surface area contributed by atoms with E-state index in [1.807, 2.05) is 6.07 Å². The van der Waals surface area contributed by atoms with Gasteiger partial charge in [-0.05, 0) is 29.2 Å². The number of hydrogen-bond acceptors (Lipinski definition) is 2. The van der Waals surface area contributed by atoms with Crippen molar-refractivity contribution in [3.63, 3.8) is 0 Å². The van der Waals surface area contributed by atoms with Gasteiger partial charge in [0.15, 0.2) is 0 Å². The smallest absolute Gasteiger partial charge is 0.0650 e. The largest absolute Gasteiger partial charge is 0.385 e. The minimum atomic E-state index is 0.294. The molecule has 3 heteroatoms. The van der Waals surface area contributed by atoms with Crippen molar-refractivity contribution in [3.05, 3.63) is 36.5 Å². The van der Waals surface area contributed by atoms with Crippen LogP contribution in [-0.2, 0) is 0 Å². The molecule has 1 aromatic carbocycles. The van der Waals surface area contributed by atoms with Crippen molar-refractivity contribution < 1.29 is 0 Å². The van der Waals surface area contributed by atoms with Crippen LogP contribution >= 0.6 is 0 Å². The number of nitrogens with one attached hydrogen (secondary N) is 2. The Hall–Kier alpha value is -1.77. The Morgan fingerprint density at radius 3 is 2.35 bits per heavy atom. The van der Waals surface area contributed by atoms with Crippen LogP contribution < -0.4 is 5.32 Å². The third kappa shape index (κ3) is 3.34. The molecule has 0 saturated heterocycles. The quantitative estimate of drug-likeness (QED) is 0.845. The third-order valence-electron chi connectivity index (χ3n) is 2.52. The summed E-state index contributed by atoms with van der Waals surface area (Å²) in [4.78, 5) is 0. The van der Waals surface area contributed by atoms with E-state index in [-0.39, 0.29) is 0 Å². The molecule has 90 valence electrons. The van der Waals surface area contributed by atoms with Crippen molar-refractivity contribution in [1.29, 1.82) is 0 Å². The first-order valence-corrected chi connectivity index (χ1v) is 5.88. The average Bonchev–Trinajstić information content (AvgIpc) is 2.79. The van der Waals surface area contributed by atoms with Crippen LogP contribution in [0, 0.1) is 5.41 Å². The second-order valence-corrected chi connectivity index (χ2v) is 5.46. The molecule has 0 radical (unpaired) electrons. The molecule has 0 unspecified atom stereocenters. The molecule has 0 aliphatic carbocycles. The van der Waals surface area contributed by atoms with E-state index in [2.05, 4.69) is 60.6 Å². The highest BCUT2D eigenvalue weighted by molar-refractivity contribution is 5.62. The fraction of sp³-hybridized carbons (Fsp3) is 0.357. The van der Waals surface area contributed by atoms with Gasteiger partial charge in [0.2, 0.25) is 0 Å². The summed E-state index contributed by atoms with van der Waals surface area (Å²) in [5.41, 5.74) is 3.65. The maximum atomic E-state index is 3.95. The topological polar surface area (TPSA) is 40.7 Å². The van der Waals surface area contributed by atoms with Crippen LogP contribution in [-0.4, -0.2) is 16.7 Å². The summed E-state index contributed by atoms with van der Waals surface area (Å²) in [6.07, 6.45) is 1.76. The molecule has 17 heavy (non-hydrogen) atoms. The molecule has 0 aliphatic rings. The third-order valence-corrected chi connectivity index (χ3v) is 2.52. The van der Waals surface area contributed by atoms with Crippen molar-refractivity contribution in [2.75, 3.05) is 11.9 Å². The molecule has 2 rings (SSSR count). The number of anilines is 1. The number of aromatic nitrogens is 2. The first-order chi connectivity index (χ1) is 8.04. The van der Waals surface area contributed by atoms with Gasteiger partial charge in [0.25, 0.3) is 0 Å². The van der Waals surface area contributed by atoms with E-state index < -0.39 is 0 Å². The van der Waals surface area contributed by atoms with Crippen LogP contribution in [0.15, 0.2) is 36.5 Å². The molecule has 2 aromatic rings. The first kappa shape index (κ1) is 11.7. The van der Waals surface area contributed by atoms with Gasteiger partial charge in [-0.15, -0.1) is 0 Å². The van der Waals surface area contributed by atoms with Gasteiger partial charge in [-0.3, -0.25) is 5.10 Å². The van der Waals surface area contributed by atoms with Crippen molar-refractivity contribution in [2.24, 2.45) is 5.41 Å². The second-order valence-electron chi connectivity index (χ2n) is 5.46. The molecule has 0 bridgehead atoms. The lowest BCUT2D eigenvalue weighted by atomic mass is 9.97. The van der Waals surface area contributed by atoms with Gasteiger partial charge in [0.1, 0.15) is 0 Å². The van der Waals surface area contributed by atoms with Gasteiger partial charge in [0.05, 0.1) is 5.69 Å². The van der Waals surface area contributed by atoms with Crippen molar-refractivity contribution in [2.45, 2.75) is 20.8 Å². The van der Waals surface area contributed by atoms with E-state index in [0.29, 0.717) is 5.41 Å². The Kier molecular flexibility index (Phi) is 3.18. The summed E-state index contributed by atoms with van der Waals surface area (Å²) < 4.78 is 0. The fourth-order valence-electron chi connectivity index (χ4n) is 1.55. The minimum Gasteiger partial charge on any atom is -0.385 e. The highest BCUT2D eigenvalue weighted by atomic mass is 15.1. The lowest BCUT2D eigenvalue weighted by Crippen LogP contribution is -2.18. The molecule has 0 spiro atoms. The predicted octanol–water partition coefficient (Wildman–Crippen LogP) is 3.53. The summed E-state index contributed by atoms with van der Waals surface area (Å²) >= 11 is 0. The summed E-state index contributed by atoms with van der Waals surface area (Å²) in [5.74, 6) is 0. The Morgan fingerprint density at radius 1 is 1.12 bits per heavy atom. The molecule has 1 aromatic heterocycles. The van der Waals surface area contributed by atoms with Gasteiger partial charge in [-0.2, -0.15) is 5.10 Å². The number of nitrogens with zero attached hydrogens (tertiary/aromatic N) is 1. The normalized spacial score (nSPS) is 11.5. The Bertz CT molecular complexity index is 449. The Labute approximate surface area is 102 Å². The highest BCUT2D eigenvalue weighted by Gasteiger charge is 2.09. The predicted molar refractivity (Wildman–Crippen MR) is 72.0 cm³/mol. The molecule has 0 aliphatic heterocycles. The van der Waals surface area contributed by atoms with Crippen molar-refractivity contribution in [3.8, 4) is 11.3 Å². The lowest BCUT2D eigenvalue weighted by molar-refractivity contribution is 0.443. The van der Waals surface area contributed by atoms with E-state index in [1.54, 1.807) is 6.20 Å². The lowest BCUT2D eigenvalue weighted by Gasteiger charge is -2.19. The monoisotopic (exact) mass is 229 g/mol. The van der Waals surface area contributed by atoms with Crippen LogP contribution in [0.5, 0.6) is 0 Å². The average molecular weight is 229 g/mol. The zero-order chi connectivity index (χ0) is 12.3. The highest BCUT2D eigenvalue weighted by Crippen LogP contribution is 2.20. The van der Waals surface area contributed by atoms with Gasteiger partial charge >= 0.3 is 0 Å². The first-order valence-electron chi connectivity index (χ1n) is 5.88. The number of H-pyrrole nitrogens is 1. The van der Waals surface area contributed by atoms with E-state index in [1.165, 1.54) is 0 Å². The summed E-state index contributed by atoms with van der Waals surface area (Å²) in [5, 5.41) is 10.3. The Morgan fingerprint density at radius 2 is 1.82 bits per heavy atom. The molecule has 2 N–H and O–H groups in total. The standard InChI is InChI=1S/C14H19N3/c1-14(2,3)10-15-12-6-4-11(5-7-12)13-8-9-16-17-13/h4-9,15H,10H2,1-3H3,(H,16,17). The fourth-order valence-corrected chi connectivity index (χ4v) is 1.55. The van der Waals surface area contributed by atoms with Crippen molar-refractivity contribution >= 4 is 5.69 Å². The van der Waals surface area contributed by atoms with Gasteiger partial charge in [-0.1, -0.05) is 32.9 Å². The molecule has 0 saturated carbocycles. The van der Waals surface area contributed by atoms with Crippen molar-refractivity contribution in [1.82, 2.24) is 10.2 Å². The molecular weight excluding hydrogens is 210 g/mol. The van der Waals surface area contributed by atoms with Crippen LogP contribution in [0.2, 0.25) is 0 Å². The van der Waals surface area contributed by atoms with E-state index in [9.17, 15) is 0 Å². The van der Waals surface area contributed by atoms with Crippen LogP contribution in [0.25, 0.3) is 11.3 Å². The van der Waals surface area contributed by atoms with Crippen LogP contribution in [0.3, 0.4) is 0 Å². The van der Waals surface area contributed by atoms with Crippen LogP contribution in [0.1, 0.15) is 20.8 Å². The maximum Gasteiger partial charge on any atom is 0.0650 e. The minimum absolute atomic E-state index is 0.294. The van der Waals surface area contributed by atoms with Gasteiger partial charge < -0.3 is 5.32 Å². The van der Waals surface area contributed by atoms with Gasteiger partial charge in [0, 0.05) is 18.4 Å². The molecule has 3 nitrogen and oxygen atoms in total. The van der Waals surface area contributed by atoms with E-state index in [0.717, 1.165) is 23.5 Å². The number of aromatic amines is 1. The van der Waals surface area contributed by atoms with Gasteiger partial charge in [-0.25, -0.2) is 0 Å². The molecule has 0 atom stereocenters. The maximum absolute atomic E-state index is 3.95.